The highest BCUT2D eigenvalue weighted by molar-refractivity contribution is 7.99. The highest BCUT2D eigenvalue weighted by Gasteiger charge is 2.14. The van der Waals surface area contributed by atoms with Crippen molar-refractivity contribution in [3.63, 3.8) is 0 Å². The molecule has 0 saturated carbocycles. The SMILES string of the molecule is O=C(COC(=O)CNC(=O)c1ccc(Cl)cc1Cl)Nc1ccc(SC(F)F)cc1. The van der Waals surface area contributed by atoms with Gasteiger partial charge in [-0.25, -0.2) is 0 Å². The van der Waals surface area contributed by atoms with Crippen LogP contribution < -0.4 is 10.6 Å². The lowest BCUT2D eigenvalue weighted by Gasteiger charge is -2.09. The number of halogens is 4. The first-order chi connectivity index (χ1) is 13.7. The van der Waals surface area contributed by atoms with Crippen molar-refractivity contribution in [2.24, 2.45) is 0 Å². The molecule has 154 valence electrons. The number of carbonyl (C=O) groups is 3. The van der Waals surface area contributed by atoms with Crippen molar-refractivity contribution in [3.05, 3.63) is 58.1 Å². The van der Waals surface area contributed by atoms with E-state index in [0.717, 1.165) is 0 Å². The molecule has 0 spiro atoms. The summed E-state index contributed by atoms with van der Waals surface area (Å²) in [6.07, 6.45) is 0. The number of hydrogen-bond acceptors (Lipinski definition) is 5. The number of thioether (sulfide) groups is 1. The zero-order valence-corrected chi connectivity index (χ0v) is 16.9. The molecule has 2 rings (SSSR count). The molecule has 0 fully saturated rings. The Labute approximate surface area is 178 Å². The minimum atomic E-state index is -2.54. The Kier molecular flexibility index (Phi) is 8.69. The van der Waals surface area contributed by atoms with E-state index in [-0.39, 0.29) is 10.6 Å². The normalized spacial score (nSPS) is 10.5. The zero-order valence-electron chi connectivity index (χ0n) is 14.6. The Morgan fingerprint density at radius 3 is 2.38 bits per heavy atom. The summed E-state index contributed by atoms with van der Waals surface area (Å²) >= 11 is 12.0. The molecule has 0 heterocycles. The maximum atomic E-state index is 12.3. The van der Waals surface area contributed by atoms with Crippen LogP contribution in [0.3, 0.4) is 0 Å². The number of nitrogens with one attached hydrogen (secondary N) is 2. The van der Waals surface area contributed by atoms with Gasteiger partial charge in [-0.1, -0.05) is 35.0 Å². The van der Waals surface area contributed by atoms with Gasteiger partial charge in [-0.3, -0.25) is 14.4 Å². The zero-order chi connectivity index (χ0) is 21.4. The fourth-order valence-corrected chi connectivity index (χ4v) is 3.03. The van der Waals surface area contributed by atoms with Gasteiger partial charge in [-0.05, 0) is 42.5 Å². The van der Waals surface area contributed by atoms with Gasteiger partial charge < -0.3 is 15.4 Å². The van der Waals surface area contributed by atoms with Crippen LogP contribution >= 0.6 is 35.0 Å². The number of hydrogen-bond donors (Lipinski definition) is 2. The van der Waals surface area contributed by atoms with Crippen LogP contribution in [0.4, 0.5) is 14.5 Å². The van der Waals surface area contributed by atoms with Crippen molar-refractivity contribution in [3.8, 4) is 0 Å². The number of anilines is 1. The average Bonchev–Trinajstić information content (AvgIpc) is 2.65. The van der Waals surface area contributed by atoms with Crippen LogP contribution in [0.25, 0.3) is 0 Å². The van der Waals surface area contributed by atoms with Gasteiger partial charge in [-0.15, -0.1) is 0 Å². The van der Waals surface area contributed by atoms with Crippen LogP contribution in [0.1, 0.15) is 10.4 Å². The highest BCUT2D eigenvalue weighted by atomic mass is 35.5. The largest absolute Gasteiger partial charge is 0.454 e. The number of rotatable bonds is 8. The van der Waals surface area contributed by atoms with Gasteiger partial charge in [0.25, 0.3) is 17.6 Å². The van der Waals surface area contributed by atoms with Gasteiger partial charge in [0.1, 0.15) is 6.54 Å². The fraction of sp³-hybridized carbons (Fsp3) is 0.167. The molecule has 0 radical (unpaired) electrons. The highest BCUT2D eigenvalue weighted by Crippen LogP contribution is 2.26. The Balaban J connectivity index is 1.74. The number of benzene rings is 2. The fourth-order valence-electron chi connectivity index (χ4n) is 2.04. The number of alkyl halides is 2. The Bertz CT molecular complexity index is 898. The van der Waals surface area contributed by atoms with Crippen molar-refractivity contribution < 1.29 is 27.9 Å². The van der Waals surface area contributed by atoms with E-state index >= 15 is 0 Å². The van der Waals surface area contributed by atoms with Crippen molar-refractivity contribution in [2.75, 3.05) is 18.5 Å². The van der Waals surface area contributed by atoms with E-state index in [1.54, 1.807) is 0 Å². The number of ether oxygens (including phenoxy) is 1. The summed E-state index contributed by atoms with van der Waals surface area (Å²) in [6.45, 7) is -1.05. The van der Waals surface area contributed by atoms with Gasteiger partial charge in [0, 0.05) is 15.6 Å². The van der Waals surface area contributed by atoms with E-state index in [9.17, 15) is 23.2 Å². The summed E-state index contributed by atoms with van der Waals surface area (Å²) in [5.74, 6) is -4.59. The summed E-state index contributed by atoms with van der Waals surface area (Å²) in [5, 5.41) is 5.26. The molecule has 29 heavy (non-hydrogen) atoms. The predicted octanol–water partition coefficient (Wildman–Crippen LogP) is 4.22. The lowest BCUT2D eigenvalue weighted by atomic mass is 10.2. The molecule has 0 aromatic heterocycles. The molecule has 0 aliphatic heterocycles. The van der Waals surface area contributed by atoms with E-state index < -0.39 is 36.7 Å². The topological polar surface area (TPSA) is 84.5 Å². The van der Waals surface area contributed by atoms with Gasteiger partial charge in [0.2, 0.25) is 0 Å². The average molecular weight is 463 g/mol. The summed E-state index contributed by atoms with van der Waals surface area (Å²) < 4.78 is 29.3. The van der Waals surface area contributed by atoms with Crippen LogP contribution in [-0.4, -0.2) is 36.7 Å². The van der Waals surface area contributed by atoms with E-state index in [0.29, 0.717) is 27.4 Å². The molecule has 2 amide bonds. The maximum Gasteiger partial charge on any atom is 0.325 e. The van der Waals surface area contributed by atoms with Crippen LogP contribution in [0.15, 0.2) is 47.4 Å². The maximum absolute atomic E-state index is 12.3. The summed E-state index contributed by atoms with van der Waals surface area (Å²) in [5.41, 5.74) is 0.491. The second-order valence-corrected chi connectivity index (χ2v) is 7.33. The molecule has 0 aliphatic carbocycles. The molecule has 2 aromatic carbocycles. The van der Waals surface area contributed by atoms with Gasteiger partial charge >= 0.3 is 5.97 Å². The number of esters is 1. The second kappa shape index (κ2) is 11.0. The van der Waals surface area contributed by atoms with Crippen LogP contribution in [0.2, 0.25) is 10.0 Å². The molecule has 0 unspecified atom stereocenters. The lowest BCUT2D eigenvalue weighted by molar-refractivity contribution is -0.146. The molecule has 2 N–H and O–H groups in total. The first kappa shape index (κ1) is 22.9. The molecule has 11 heteroatoms. The molecule has 0 bridgehead atoms. The lowest BCUT2D eigenvalue weighted by Crippen LogP contribution is -2.32. The van der Waals surface area contributed by atoms with Crippen LogP contribution in [-0.2, 0) is 14.3 Å². The van der Waals surface area contributed by atoms with E-state index in [4.69, 9.17) is 27.9 Å². The van der Waals surface area contributed by atoms with Gasteiger partial charge in [-0.2, -0.15) is 8.78 Å². The third-order valence-corrected chi connectivity index (χ3v) is 4.57. The summed E-state index contributed by atoms with van der Waals surface area (Å²) in [6, 6.07) is 10.0. The Hall–Kier alpha value is -2.36. The second-order valence-electron chi connectivity index (χ2n) is 5.42. The molecular weight excluding hydrogens is 449 g/mol. The third kappa shape index (κ3) is 7.88. The van der Waals surface area contributed by atoms with Gasteiger partial charge in [0.05, 0.1) is 10.6 Å². The standard InChI is InChI=1S/C18H14Cl2F2N2O4S/c19-10-1-6-13(14(20)7-10)17(27)23-8-16(26)28-9-15(25)24-11-2-4-12(5-3-11)29-18(21)22/h1-7,18H,8-9H2,(H,23,27)(H,24,25). The summed E-state index contributed by atoms with van der Waals surface area (Å²) in [4.78, 5) is 35.8. The minimum absolute atomic E-state index is 0.126. The molecular formula is C18H14Cl2F2N2O4S. The molecule has 0 saturated heterocycles. The van der Waals surface area contributed by atoms with E-state index in [2.05, 4.69) is 10.6 Å². The van der Waals surface area contributed by atoms with Crippen molar-refractivity contribution in [1.82, 2.24) is 5.32 Å². The van der Waals surface area contributed by atoms with Crippen molar-refractivity contribution in [1.29, 1.82) is 0 Å². The molecule has 2 aromatic rings. The molecule has 0 atom stereocenters. The number of carbonyl (C=O) groups excluding carboxylic acids is 3. The first-order valence-corrected chi connectivity index (χ1v) is 9.62. The smallest absolute Gasteiger partial charge is 0.325 e. The van der Waals surface area contributed by atoms with E-state index in [1.165, 1.54) is 42.5 Å². The van der Waals surface area contributed by atoms with Gasteiger partial charge in [0.15, 0.2) is 6.61 Å². The van der Waals surface area contributed by atoms with Crippen LogP contribution in [0.5, 0.6) is 0 Å². The third-order valence-electron chi connectivity index (χ3n) is 3.30. The molecule has 0 aliphatic rings. The monoisotopic (exact) mass is 462 g/mol. The summed E-state index contributed by atoms with van der Waals surface area (Å²) in [7, 11) is 0. The van der Waals surface area contributed by atoms with E-state index in [1.807, 2.05) is 0 Å². The predicted molar refractivity (Wildman–Crippen MR) is 107 cm³/mol. The Morgan fingerprint density at radius 2 is 1.76 bits per heavy atom. The van der Waals surface area contributed by atoms with Crippen molar-refractivity contribution in [2.45, 2.75) is 10.7 Å². The van der Waals surface area contributed by atoms with Crippen molar-refractivity contribution >= 4 is 58.4 Å². The molecule has 6 nitrogen and oxygen atoms in total. The minimum Gasteiger partial charge on any atom is -0.454 e. The Morgan fingerprint density at radius 1 is 1.07 bits per heavy atom. The quantitative estimate of drug-likeness (QED) is 0.453. The number of amides is 2. The first-order valence-electron chi connectivity index (χ1n) is 7.98. The van der Waals surface area contributed by atoms with Crippen LogP contribution in [0, 0.1) is 0 Å².